The predicted octanol–water partition coefficient (Wildman–Crippen LogP) is 7.04. The second kappa shape index (κ2) is 13.1. The lowest BCUT2D eigenvalue weighted by Gasteiger charge is -2.39. The van der Waals surface area contributed by atoms with Gasteiger partial charge in [-0.2, -0.15) is 10.4 Å². The molecule has 4 heterocycles. The van der Waals surface area contributed by atoms with E-state index in [4.69, 9.17) is 11.6 Å². The molecule has 0 spiro atoms. The van der Waals surface area contributed by atoms with Crippen LogP contribution in [0, 0.1) is 31.0 Å². The van der Waals surface area contributed by atoms with Gasteiger partial charge in [0.05, 0.1) is 46.1 Å². The van der Waals surface area contributed by atoms with E-state index in [0.29, 0.717) is 33.3 Å². The summed E-state index contributed by atoms with van der Waals surface area (Å²) in [6.45, 7) is 11.1. The number of carbonyl (C=O) groups excluding carboxylic acids is 1. The quantitative estimate of drug-likeness (QED) is 0.178. The smallest absolute Gasteiger partial charge is 0.274 e. The van der Waals surface area contributed by atoms with Crippen LogP contribution in [0.3, 0.4) is 0 Å². The molecule has 6 rings (SSSR count). The van der Waals surface area contributed by atoms with Crippen LogP contribution in [0.5, 0.6) is 0 Å². The van der Waals surface area contributed by atoms with Gasteiger partial charge in [-0.3, -0.25) is 24.2 Å². The van der Waals surface area contributed by atoms with E-state index in [0.717, 1.165) is 10.8 Å². The number of carbonyl (C=O) groups is 1. The van der Waals surface area contributed by atoms with E-state index in [9.17, 15) is 23.3 Å². The first-order chi connectivity index (χ1) is 23.7. The molecule has 1 aliphatic rings. The molecule has 258 valence electrons. The summed E-state index contributed by atoms with van der Waals surface area (Å²) >= 11 is 7.05. The zero-order valence-corrected chi connectivity index (χ0v) is 29.9. The second-order valence-electron chi connectivity index (χ2n) is 13.2. The van der Waals surface area contributed by atoms with Gasteiger partial charge < -0.3 is 4.90 Å². The molecule has 0 saturated carbocycles. The summed E-state index contributed by atoms with van der Waals surface area (Å²) < 4.78 is 46.6. The minimum absolute atomic E-state index is 0.0116. The highest BCUT2D eigenvalue weighted by atomic mass is 35.5. The van der Waals surface area contributed by atoms with E-state index in [1.165, 1.54) is 17.0 Å². The fourth-order valence-corrected chi connectivity index (χ4v) is 8.81. The third-order valence-electron chi connectivity index (χ3n) is 9.63. The molecule has 3 aromatic heterocycles. The maximum atomic E-state index is 17.9. The number of hydrogen-bond acceptors (Lipinski definition) is 7. The highest BCUT2D eigenvalue weighted by molar-refractivity contribution is 7.90. The molecular weight excluding hydrogens is 679 g/mol. The Morgan fingerprint density at radius 2 is 1.96 bits per heavy atom. The Balaban J connectivity index is 1.82. The van der Waals surface area contributed by atoms with Crippen LogP contribution in [0.15, 0.2) is 59.0 Å². The third-order valence-corrected chi connectivity index (χ3v) is 11.1. The van der Waals surface area contributed by atoms with Gasteiger partial charge in [0.1, 0.15) is 4.90 Å². The lowest BCUT2D eigenvalue weighted by molar-refractivity contribution is -0.129. The van der Waals surface area contributed by atoms with Gasteiger partial charge in [-0.05, 0) is 79.5 Å². The van der Waals surface area contributed by atoms with Crippen LogP contribution in [0.4, 0.5) is 4.39 Å². The zero-order chi connectivity index (χ0) is 36.2. The number of likely N-dealkylation sites (tertiary alicyclic amines) is 1. The zero-order valence-electron chi connectivity index (χ0n) is 28.3. The van der Waals surface area contributed by atoms with Crippen molar-refractivity contribution in [3.8, 4) is 22.9 Å². The molecule has 5 aromatic rings. The van der Waals surface area contributed by atoms with Crippen molar-refractivity contribution in [2.24, 2.45) is 0 Å². The Morgan fingerprint density at radius 3 is 2.62 bits per heavy atom. The summed E-state index contributed by atoms with van der Waals surface area (Å²) in [6, 6.07) is 8.40. The van der Waals surface area contributed by atoms with Crippen molar-refractivity contribution in [2.45, 2.75) is 69.7 Å². The molecule has 0 aliphatic carbocycles. The number of amides is 1. The number of pyridine rings is 2. The number of aromatic nitrogens is 4. The van der Waals surface area contributed by atoms with Crippen LogP contribution in [0.25, 0.3) is 38.6 Å². The number of sulfone groups is 1. The Morgan fingerprint density at radius 1 is 1.22 bits per heavy atom. The van der Waals surface area contributed by atoms with Crippen molar-refractivity contribution < 1.29 is 17.6 Å². The molecule has 13 heteroatoms. The van der Waals surface area contributed by atoms with Gasteiger partial charge in [0, 0.05) is 46.9 Å². The highest BCUT2D eigenvalue weighted by Crippen LogP contribution is 2.46. The number of aryl methyl sites for hydroxylation is 2. The van der Waals surface area contributed by atoms with E-state index < -0.39 is 38.1 Å². The van der Waals surface area contributed by atoms with Crippen molar-refractivity contribution >= 4 is 49.2 Å². The Bertz CT molecular complexity index is 2450. The highest BCUT2D eigenvalue weighted by Gasteiger charge is 2.38. The summed E-state index contributed by atoms with van der Waals surface area (Å²) in [7, 11) is -4.26. The summed E-state index contributed by atoms with van der Waals surface area (Å²) in [5.74, 6) is -2.03. The maximum Gasteiger partial charge on any atom is 0.274 e. The van der Waals surface area contributed by atoms with Crippen molar-refractivity contribution in [1.29, 1.82) is 5.26 Å². The SMILES string of the molecule is C=CC(=O)N1CCC(c2c(S(C)(=O)=O)c(=O)n(-c3c(C)ccnc3C(C)C)c3c(F)c(-c4c(C)ccc5[nH]ncc45)c(Cl)cc23)C[C@@H]1CC#N. The summed E-state index contributed by atoms with van der Waals surface area (Å²) in [5.41, 5.74) is 2.30. The predicted molar refractivity (Wildman–Crippen MR) is 192 cm³/mol. The van der Waals surface area contributed by atoms with Crippen molar-refractivity contribution in [1.82, 2.24) is 24.6 Å². The first-order valence-corrected chi connectivity index (χ1v) is 18.5. The Hall–Kier alpha value is -4.86. The van der Waals surface area contributed by atoms with E-state index in [1.807, 2.05) is 32.9 Å². The monoisotopic (exact) mass is 714 g/mol. The van der Waals surface area contributed by atoms with Gasteiger partial charge in [-0.15, -0.1) is 0 Å². The number of nitriles is 1. The number of halogens is 2. The van der Waals surface area contributed by atoms with E-state index in [2.05, 4.69) is 27.8 Å². The minimum atomic E-state index is -4.26. The largest absolute Gasteiger partial charge is 0.335 e. The number of H-pyrrole nitrogens is 1. The molecule has 1 N–H and O–H groups in total. The van der Waals surface area contributed by atoms with Crippen LogP contribution in [0.2, 0.25) is 5.02 Å². The Kier molecular flexibility index (Phi) is 9.18. The molecule has 1 amide bonds. The van der Waals surface area contributed by atoms with Gasteiger partial charge in [0.25, 0.3) is 5.56 Å². The number of fused-ring (bicyclic) bond motifs is 2. The summed E-state index contributed by atoms with van der Waals surface area (Å²) in [5, 5.41) is 17.5. The van der Waals surface area contributed by atoms with Crippen LogP contribution in [0.1, 0.15) is 67.3 Å². The molecule has 2 atom stereocenters. The fraction of sp³-hybridized carbons (Fsp3) is 0.324. The standard InChI is InChI=1S/C37H36ClFN6O4S/c1-7-28(46)44-15-12-22(16-23(44)10-13-40)30-24-17-26(38)31(29-20(4)8-9-27-25(29)18-42-43-27)32(39)35(24)45(37(47)36(30)50(6,48)49)34-21(5)11-14-41-33(34)19(2)3/h7-9,11,14,17-19,22-23H,1,10,12,15-16H2,2-6H3,(H,42,43)/t22?,23-/m0/s1. The third kappa shape index (κ3) is 5.68. The van der Waals surface area contributed by atoms with Gasteiger partial charge >= 0.3 is 0 Å². The number of rotatable bonds is 7. The number of piperidine rings is 1. The minimum Gasteiger partial charge on any atom is -0.335 e. The maximum absolute atomic E-state index is 17.9. The second-order valence-corrected chi connectivity index (χ2v) is 15.5. The van der Waals surface area contributed by atoms with E-state index >= 15 is 4.39 Å². The number of aromatic amines is 1. The molecule has 50 heavy (non-hydrogen) atoms. The summed E-state index contributed by atoms with van der Waals surface area (Å²) in [4.78, 5) is 33.3. The average Bonchev–Trinajstić information content (AvgIpc) is 3.54. The summed E-state index contributed by atoms with van der Waals surface area (Å²) in [6.07, 6.45) is 5.69. The van der Waals surface area contributed by atoms with Crippen LogP contribution in [-0.2, 0) is 14.6 Å². The molecule has 10 nitrogen and oxygen atoms in total. The van der Waals surface area contributed by atoms with Crippen LogP contribution in [-0.4, -0.2) is 57.8 Å². The Labute approximate surface area is 294 Å². The van der Waals surface area contributed by atoms with E-state index in [-0.39, 0.29) is 70.4 Å². The molecule has 1 saturated heterocycles. The molecule has 2 aromatic carbocycles. The topological polar surface area (TPSA) is 142 Å². The molecule has 0 radical (unpaired) electrons. The van der Waals surface area contributed by atoms with Crippen LogP contribution < -0.4 is 5.56 Å². The fourth-order valence-electron chi connectivity index (χ4n) is 7.44. The van der Waals surface area contributed by atoms with Crippen molar-refractivity contribution in [3.63, 3.8) is 0 Å². The van der Waals surface area contributed by atoms with Gasteiger partial charge in [-0.25, -0.2) is 12.8 Å². The number of hydrogen-bond donors (Lipinski definition) is 1. The molecular formula is C37H36ClFN6O4S. The lowest BCUT2D eigenvalue weighted by Crippen LogP contribution is -2.45. The number of nitrogens with zero attached hydrogens (tertiary/aromatic N) is 5. The van der Waals surface area contributed by atoms with Gasteiger partial charge in [-0.1, -0.05) is 38.1 Å². The van der Waals surface area contributed by atoms with Crippen molar-refractivity contribution in [2.75, 3.05) is 12.8 Å². The molecule has 1 aliphatic heterocycles. The van der Waals surface area contributed by atoms with Crippen molar-refractivity contribution in [3.05, 3.63) is 92.9 Å². The molecule has 1 unspecified atom stereocenters. The first kappa shape index (κ1) is 35.0. The number of nitrogens with one attached hydrogen (secondary N) is 1. The normalized spacial score (nSPS) is 16.7. The number of benzene rings is 2. The molecule has 1 fully saturated rings. The lowest BCUT2D eigenvalue weighted by atomic mass is 9.82. The molecule has 0 bridgehead atoms. The van der Waals surface area contributed by atoms with Crippen LogP contribution >= 0.6 is 11.6 Å². The average molecular weight is 715 g/mol. The first-order valence-electron chi connectivity index (χ1n) is 16.2. The van der Waals surface area contributed by atoms with Gasteiger partial charge in [0.2, 0.25) is 5.91 Å². The van der Waals surface area contributed by atoms with Gasteiger partial charge in [0.15, 0.2) is 15.7 Å². The van der Waals surface area contributed by atoms with E-state index in [1.54, 1.807) is 25.4 Å².